The van der Waals surface area contributed by atoms with Gasteiger partial charge in [-0.15, -0.1) is 12.4 Å². The summed E-state index contributed by atoms with van der Waals surface area (Å²) in [6.45, 7) is 3.73. The van der Waals surface area contributed by atoms with E-state index in [2.05, 4.69) is 5.32 Å². The number of hydrogen-bond donors (Lipinski definition) is 1. The predicted octanol–water partition coefficient (Wildman–Crippen LogP) is 2.84. The Labute approximate surface area is 164 Å². The minimum atomic E-state index is -0.398. The molecule has 2 fully saturated rings. The summed E-state index contributed by atoms with van der Waals surface area (Å²) in [4.78, 5) is 29.3. The van der Waals surface area contributed by atoms with Crippen molar-refractivity contribution in [1.29, 1.82) is 0 Å². The standard InChI is InChI=1S/C17H21Cl2N3O2.ClH/c18-12-4-5-14(19)13(11-12)16(23)22-9-1-3-15(22)17(24)21-8-2-6-20-7-10-21;/h4-5,11,15,20H,1-3,6-10H2;1H. The zero-order valence-corrected chi connectivity index (χ0v) is 16.2. The van der Waals surface area contributed by atoms with Crippen LogP contribution in [0.5, 0.6) is 0 Å². The number of carbonyl (C=O) groups excluding carboxylic acids is 2. The Hall–Kier alpha value is -1.01. The van der Waals surface area contributed by atoms with Crippen LogP contribution in [0.1, 0.15) is 29.6 Å². The highest BCUT2D eigenvalue weighted by Gasteiger charge is 2.37. The minimum absolute atomic E-state index is 0. The fourth-order valence-corrected chi connectivity index (χ4v) is 3.73. The minimum Gasteiger partial charge on any atom is -0.340 e. The van der Waals surface area contributed by atoms with E-state index in [4.69, 9.17) is 23.2 Å². The number of nitrogens with zero attached hydrogens (tertiary/aromatic N) is 2. The fraction of sp³-hybridized carbons (Fsp3) is 0.529. The molecule has 0 spiro atoms. The van der Waals surface area contributed by atoms with Crippen molar-refractivity contribution in [3.8, 4) is 0 Å². The largest absolute Gasteiger partial charge is 0.340 e. The Morgan fingerprint density at radius 3 is 2.68 bits per heavy atom. The van der Waals surface area contributed by atoms with Gasteiger partial charge in [0.1, 0.15) is 6.04 Å². The van der Waals surface area contributed by atoms with Crippen LogP contribution >= 0.6 is 35.6 Å². The van der Waals surface area contributed by atoms with Crippen LogP contribution < -0.4 is 5.32 Å². The molecular formula is C17H22Cl3N3O2. The monoisotopic (exact) mass is 405 g/mol. The van der Waals surface area contributed by atoms with Crippen molar-refractivity contribution in [2.75, 3.05) is 32.7 Å². The first-order valence-electron chi connectivity index (χ1n) is 8.33. The number of carbonyl (C=O) groups is 2. The molecule has 3 rings (SSSR count). The maximum Gasteiger partial charge on any atom is 0.256 e. The first kappa shape index (κ1) is 20.3. The number of halogens is 3. The van der Waals surface area contributed by atoms with Crippen LogP contribution in [-0.4, -0.2) is 60.4 Å². The molecular weight excluding hydrogens is 385 g/mol. The molecule has 1 aromatic rings. The van der Waals surface area contributed by atoms with Crippen molar-refractivity contribution in [3.05, 3.63) is 33.8 Å². The van der Waals surface area contributed by atoms with Crippen LogP contribution in [0, 0.1) is 0 Å². The van der Waals surface area contributed by atoms with Crippen molar-refractivity contribution < 1.29 is 9.59 Å². The third-order valence-corrected chi connectivity index (χ3v) is 5.17. The second kappa shape index (κ2) is 9.08. The summed E-state index contributed by atoms with van der Waals surface area (Å²) in [5.74, 6) is -0.172. The van der Waals surface area contributed by atoms with E-state index < -0.39 is 6.04 Å². The molecule has 138 valence electrons. The molecule has 2 aliphatic rings. The number of likely N-dealkylation sites (tertiary alicyclic amines) is 1. The van der Waals surface area contributed by atoms with Gasteiger partial charge in [0.15, 0.2) is 0 Å². The molecule has 1 unspecified atom stereocenters. The molecule has 0 aliphatic carbocycles. The molecule has 0 saturated carbocycles. The highest BCUT2D eigenvalue weighted by atomic mass is 35.5. The SMILES string of the molecule is Cl.O=C(C1CCCN1C(=O)c1cc(Cl)ccc1Cl)N1CCCNCC1. The molecule has 5 nitrogen and oxygen atoms in total. The predicted molar refractivity (Wildman–Crippen MR) is 102 cm³/mol. The van der Waals surface area contributed by atoms with Gasteiger partial charge >= 0.3 is 0 Å². The lowest BCUT2D eigenvalue weighted by Gasteiger charge is -2.29. The molecule has 0 bridgehead atoms. The van der Waals surface area contributed by atoms with Gasteiger partial charge in [-0.3, -0.25) is 9.59 Å². The van der Waals surface area contributed by atoms with E-state index in [1.54, 1.807) is 23.1 Å². The van der Waals surface area contributed by atoms with Crippen LogP contribution in [0.25, 0.3) is 0 Å². The third kappa shape index (κ3) is 4.59. The summed E-state index contributed by atoms with van der Waals surface area (Å²) < 4.78 is 0. The Bertz CT molecular complexity index is 634. The van der Waals surface area contributed by atoms with Crippen molar-refractivity contribution in [2.45, 2.75) is 25.3 Å². The molecule has 1 atom stereocenters. The average molecular weight is 407 g/mol. The zero-order valence-electron chi connectivity index (χ0n) is 13.8. The summed E-state index contributed by atoms with van der Waals surface area (Å²) >= 11 is 12.2. The third-order valence-electron chi connectivity index (χ3n) is 4.61. The highest BCUT2D eigenvalue weighted by molar-refractivity contribution is 6.35. The number of hydrogen-bond acceptors (Lipinski definition) is 3. The van der Waals surface area contributed by atoms with E-state index in [9.17, 15) is 9.59 Å². The maximum atomic E-state index is 12.9. The Morgan fingerprint density at radius 1 is 1.08 bits per heavy atom. The molecule has 1 aromatic carbocycles. The quantitative estimate of drug-likeness (QED) is 0.821. The summed E-state index contributed by atoms with van der Waals surface area (Å²) in [7, 11) is 0. The molecule has 0 radical (unpaired) electrons. The first-order chi connectivity index (χ1) is 11.6. The van der Waals surface area contributed by atoms with Crippen LogP contribution in [0.15, 0.2) is 18.2 Å². The number of amides is 2. The molecule has 8 heteroatoms. The van der Waals surface area contributed by atoms with Gasteiger partial charge in [-0.05, 0) is 44.0 Å². The average Bonchev–Trinajstić information content (AvgIpc) is 2.90. The highest BCUT2D eigenvalue weighted by Crippen LogP contribution is 2.27. The second-order valence-corrected chi connectivity index (χ2v) is 7.05. The molecule has 2 heterocycles. The van der Waals surface area contributed by atoms with E-state index in [1.165, 1.54) is 0 Å². The summed E-state index contributed by atoms with van der Waals surface area (Å²) in [6.07, 6.45) is 2.46. The lowest BCUT2D eigenvalue weighted by molar-refractivity contribution is -0.135. The summed E-state index contributed by atoms with van der Waals surface area (Å²) in [5, 5.41) is 4.11. The zero-order chi connectivity index (χ0) is 17.1. The van der Waals surface area contributed by atoms with Crippen LogP contribution in [-0.2, 0) is 4.79 Å². The van der Waals surface area contributed by atoms with Gasteiger partial charge in [0.25, 0.3) is 5.91 Å². The number of nitrogens with one attached hydrogen (secondary N) is 1. The van der Waals surface area contributed by atoms with E-state index in [0.29, 0.717) is 35.1 Å². The molecule has 1 N–H and O–H groups in total. The van der Waals surface area contributed by atoms with Gasteiger partial charge in [-0.2, -0.15) is 0 Å². The van der Waals surface area contributed by atoms with Gasteiger partial charge in [0.05, 0.1) is 10.6 Å². The smallest absolute Gasteiger partial charge is 0.256 e. The fourth-order valence-electron chi connectivity index (χ4n) is 3.36. The normalized spacial score (nSPS) is 20.8. The molecule has 0 aromatic heterocycles. The van der Waals surface area contributed by atoms with Gasteiger partial charge in [-0.25, -0.2) is 0 Å². The van der Waals surface area contributed by atoms with Crippen molar-refractivity contribution in [3.63, 3.8) is 0 Å². The topological polar surface area (TPSA) is 52.7 Å². The summed E-state index contributed by atoms with van der Waals surface area (Å²) in [5.41, 5.74) is 0.362. The van der Waals surface area contributed by atoms with Crippen LogP contribution in [0.2, 0.25) is 10.0 Å². The lowest BCUT2D eigenvalue weighted by Crippen LogP contribution is -2.48. The van der Waals surface area contributed by atoms with Crippen molar-refractivity contribution in [2.24, 2.45) is 0 Å². The maximum absolute atomic E-state index is 12.9. The van der Waals surface area contributed by atoms with E-state index in [-0.39, 0.29) is 24.2 Å². The van der Waals surface area contributed by atoms with Gasteiger partial charge in [0, 0.05) is 31.2 Å². The van der Waals surface area contributed by atoms with Crippen LogP contribution in [0.3, 0.4) is 0 Å². The van der Waals surface area contributed by atoms with E-state index in [1.807, 2.05) is 4.90 Å². The molecule has 2 amide bonds. The van der Waals surface area contributed by atoms with Crippen LogP contribution in [0.4, 0.5) is 0 Å². The lowest BCUT2D eigenvalue weighted by atomic mass is 10.1. The Morgan fingerprint density at radius 2 is 1.88 bits per heavy atom. The molecule has 2 saturated heterocycles. The van der Waals surface area contributed by atoms with Crippen molar-refractivity contribution >= 4 is 47.4 Å². The first-order valence-corrected chi connectivity index (χ1v) is 9.09. The number of benzene rings is 1. The van der Waals surface area contributed by atoms with Gasteiger partial charge in [0.2, 0.25) is 5.91 Å². The van der Waals surface area contributed by atoms with Crippen molar-refractivity contribution in [1.82, 2.24) is 15.1 Å². The molecule has 2 aliphatic heterocycles. The Kier molecular flexibility index (Phi) is 7.37. The van der Waals surface area contributed by atoms with Gasteiger partial charge in [-0.1, -0.05) is 23.2 Å². The van der Waals surface area contributed by atoms with E-state index in [0.717, 1.165) is 32.5 Å². The van der Waals surface area contributed by atoms with Gasteiger partial charge < -0.3 is 15.1 Å². The second-order valence-electron chi connectivity index (χ2n) is 6.21. The summed E-state index contributed by atoms with van der Waals surface area (Å²) in [6, 6.07) is 4.44. The number of rotatable bonds is 2. The Balaban J connectivity index is 0.00000225. The van der Waals surface area contributed by atoms with E-state index >= 15 is 0 Å². The molecule has 25 heavy (non-hydrogen) atoms.